The van der Waals surface area contributed by atoms with Crippen molar-refractivity contribution in [2.24, 2.45) is 0 Å². The maximum Gasteiger partial charge on any atom is 3.00 e. The Morgan fingerprint density at radius 1 is 0.800 bits per heavy atom. The molecule has 10 heteroatoms. The molecule has 10 heavy (non-hydrogen) atoms. The molecule has 0 atom stereocenters. The van der Waals surface area contributed by atoms with Gasteiger partial charge in [-0.15, -0.1) is 0 Å². The first-order valence-corrected chi connectivity index (χ1v) is 1.10. The molecule has 0 spiro atoms. The first-order valence-electron chi connectivity index (χ1n) is 1.10. The maximum atomic E-state index is 8.25. The van der Waals surface area contributed by atoms with Gasteiger partial charge in [0.05, 0.1) is 10.2 Å². The van der Waals surface area contributed by atoms with Crippen molar-refractivity contribution in [3.63, 3.8) is 0 Å². The standard InChI is InChI=1S/Fe.2NO3.Rh/c;2*2-1(3)4;/q+2;2*-1;+3. The molecule has 0 amide bonds. The molecule has 0 fully saturated rings. The number of hydrogen-bond acceptors (Lipinski definition) is 6. The molecule has 0 saturated heterocycles. The van der Waals surface area contributed by atoms with E-state index in [-0.39, 0.29) is 36.5 Å². The molecule has 60 valence electrons. The van der Waals surface area contributed by atoms with Gasteiger partial charge in [-0.2, -0.15) is 0 Å². The zero-order valence-electron chi connectivity index (χ0n) is 4.03. The zero-order valence-corrected chi connectivity index (χ0v) is 6.77. The monoisotopic (exact) mass is 283 g/mol. The molecule has 0 radical (unpaired) electrons. The summed E-state index contributed by atoms with van der Waals surface area (Å²) < 4.78 is 0. The summed E-state index contributed by atoms with van der Waals surface area (Å²) in [6.45, 7) is 0. The van der Waals surface area contributed by atoms with Crippen molar-refractivity contribution in [3.05, 3.63) is 30.6 Å². The van der Waals surface area contributed by atoms with Crippen LogP contribution in [0.5, 0.6) is 0 Å². The fourth-order valence-electron chi connectivity index (χ4n) is 0. The molecule has 0 bridgehead atoms. The Bertz CT molecular complexity index is 73.7. The molecule has 8 nitrogen and oxygen atoms in total. The second-order valence-corrected chi connectivity index (χ2v) is 0.447. The molecule has 0 aliphatic rings. The van der Waals surface area contributed by atoms with Crippen molar-refractivity contribution in [1.82, 2.24) is 0 Å². The van der Waals surface area contributed by atoms with E-state index in [9.17, 15) is 0 Å². The van der Waals surface area contributed by atoms with Gasteiger partial charge in [-0.05, 0) is 0 Å². The van der Waals surface area contributed by atoms with E-state index in [0.717, 1.165) is 0 Å². The van der Waals surface area contributed by atoms with E-state index in [2.05, 4.69) is 0 Å². The average Bonchev–Trinajstić information content (AvgIpc) is 1.25. The van der Waals surface area contributed by atoms with Gasteiger partial charge in [-0.3, -0.25) is 0 Å². The number of hydrogen-bond donors (Lipinski definition) is 0. The largest absolute Gasteiger partial charge is 3.00 e. The van der Waals surface area contributed by atoms with Gasteiger partial charge in [0.15, 0.2) is 0 Å². The van der Waals surface area contributed by atoms with Crippen molar-refractivity contribution in [2.75, 3.05) is 0 Å². The molecule has 0 unspecified atom stereocenters. The second kappa shape index (κ2) is 15.8. The average molecular weight is 283 g/mol. The predicted molar refractivity (Wildman–Crippen MR) is 20.7 cm³/mol. The SMILES string of the molecule is O=[N+]([O-])[O-].O=[N+]([O-])[O-].[Fe+2].[Rh+3]. The minimum absolute atomic E-state index is 0. The third-order valence-electron chi connectivity index (χ3n) is 0. The Kier molecular flexibility index (Phi) is 35.9. The third-order valence-corrected chi connectivity index (χ3v) is 0. The fraction of sp³-hybridized carbons (Fsp3) is 0. The van der Waals surface area contributed by atoms with E-state index in [0.29, 0.717) is 0 Å². The Morgan fingerprint density at radius 2 is 0.800 bits per heavy atom. The van der Waals surface area contributed by atoms with Crippen molar-refractivity contribution in [2.45, 2.75) is 0 Å². The van der Waals surface area contributed by atoms with Crippen molar-refractivity contribution in [3.8, 4) is 0 Å². The van der Waals surface area contributed by atoms with Gasteiger partial charge in [-0.1, -0.05) is 0 Å². The van der Waals surface area contributed by atoms with Crippen LogP contribution in [0.3, 0.4) is 0 Å². The topological polar surface area (TPSA) is 132 Å². The Balaban J connectivity index is -0.0000000300. The molecule has 0 aromatic carbocycles. The molecule has 0 heterocycles. The van der Waals surface area contributed by atoms with Gasteiger partial charge in [-0.25, -0.2) is 0 Å². The Labute approximate surface area is 77.7 Å². The van der Waals surface area contributed by atoms with Gasteiger partial charge in [0, 0.05) is 0 Å². The Morgan fingerprint density at radius 3 is 0.800 bits per heavy atom. The summed E-state index contributed by atoms with van der Waals surface area (Å²) in [6, 6.07) is 0. The summed E-state index contributed by atoms with van der Waals surface area (Å²) >= 11 is 0. The molecule has 0 saturated carbocycles. The van der Waals surface area contributed by atoms with Crippen LogP contribution < -0.4 is 0 Å². The van der Waals surface area contributed by atoms with Crippen LogP contribution in [0.4, 0.5) is 0 Å². The van der Waals surface area contributed by atoms with Gasteiger partial charge < -0.3 is 30.6 Å². The van der Waals surface area contributed by atoms with Crippen LogP contribution in [0.2, 0.25) is 0 Å². The molecular weight excluding hydrogens is 283 g/mol. The van der Waals surface area contributed by atoms with E-state index in [1.54, 1.807) is 0 Å². The van der Waals surface area contributed by atoms with Crippen LogP contribution >= 0.6 is 0 Å². The van der Waals surface area contributed by atoms with Crippen LogP contribution in [0.1, 0.15) is 0 Å². The minimum atomic E-state index is -1.75. The van der Waals surface area contributed by atoms with Crippen LogP contribution in [-0.4, -0.2) is 10.2 Å². The summed E-state index contributed by atoms with van der Waals surface area (Å²) in [7, 11) is 0. The normalized spacial score (nSPS) is 4.80. The third kappa shape index (κ3) is 1550. The van der Waals surface area contributed by atoms with E-state index in [1.165, 1.54) is 0 Å². The smallest absolute Gasteiger partial charge is 0.356 e. The quantitative estimate of drug-likeness (QED) is 0.335. The maximum absolute atomic E-state index is 8.25. The molecule has 0 aliphatic carbocycles. The number of nitrogens with zero attached hydrogens (tertiary/aromatic N) is 2. The predicted octanol–water partition coefficient (Wildman–Crippen LogP) is -0.483. The van der Waals surface area contributed by atoms with Gasteiger partial charge in [0.1, 0.15) is 0 Å². The summed E-state index contributed by atoms with van der Waals surface area (Å²) in [6.07, 6.45) is 0. The molecule has 0 aromatic heterocycles. The molecule has 0 aliphatic heterocycles. The van der Waals surface area contributed by atoms with E-state index < -0.39 is 10.2 Å². The van der Waals surface area contributed by atoms with Gasteiger partial charge >= 0.3 is 36.5 Å². The Hall–Kier alpha value is -0.457. The van der Waals surface area contributed by atoms with Crippen LogP contribution in [0, 0.1) is 30.6 Å². The summed E-state index contributed by atoms with van der Waals surface area (Å²) in [5.41, 5.74) is 0. The fourth-order valence-corrected chi connectivity index (χ4v) is 0. The zero-order chi connectivity index (χ0) is 7.15. The van der Waals surface area contributed by atoms with Crippen molar-refractivity contribution >= 4 is 0 Å². The minimum Gasteiger partial charge on any atom is -0.356 e. The molecular formula is FeN2O6Rh+3. The van der Waals surface area contributed by atoms with Crippen molar-refractivity contribution in [1.29, 1.82) is 0 Å². The van der Waals surface area contributed by atoms with Gasteiger partial charge in [0.25, 0.3) is 0 Å². The van der Waals surface area contributed by atoms with Crippen LogP contribution in [0.15, 0.2) is 0 Å². The van der Waals surface area contributed by atoms with Crippen LogP contribution in [-0.2, 0) is 36.5 Å². The summed E-state index contributed by atoms with van der Waals surface area (Å²) in [4.78, 5) is 16.5. The molecule has 0 rings (SSSR count). The van der Waals surface area contributed by atoms with E-state index in [4.69, 9.17) is 30.6 Å². The van der Waals surface area contributed by atoms with E-state index in [1.807, 2.05) is 0 Å². The first kappa shape index (κ1) is 22.7. The van der Waals surface area contributed by atoms with E-state index >= 15 is 0 Å². The summed E-state index contributed by atoms with van der Waals surface area (Å²) in [5, 5.41) is 29.5. The van der Waals surface area contributed by atoms with Gasteiger partial charge in [0.2, 0.25) is 0 Å². The number of rotatable bonds is 0. The summed E-state index contributed by atoms with van der Waals surface area (Å²) in [5.74, 6) is 0. The molecule has 0 aromatic rings. The first-order chi connectivity index (χ1) is 3.46. The molecule has 0 N–H and O–H groups in total. The van der Waals surface area contributed by atoms with Crippen LogP contribution in [0.25, 0.3) is 0 Å². The second-order valence-electron chi connectivity index (χ2n) is 0.447. The van der Waals surface area contributed by atoms with Crippen molar-refractivity contribution < 1.29 is 46.7 Å².